The van der Waals surface area contributed by atoms with E-state index in [1.807, 2.05) is 6.07 Å². The zero-order chi connectivity index (χ0) is 18.2. The maximum atomic E-state index is 12.2. The van der Waals surface area contributed by atoms with E-state index in [9.17, 15) is 14.4 Å². The van der Waals surface area contributed by atoms with Gasteiger partial charge in [0.15, 0.2) is 6.61 Å². The standard InChI is InChI=1S/C17H22N2O6/c1-24-9-8-18(11-17(22)23)16(21)12-25-14-5-2-4-13(10-14)19-7-3-6-15(19)20/h2,4-5,10H,3,6-9,11-12H2,1H3,(H,22,23). The van der Waals surface area contributed by atoms with Crippen molar-refractivity contribution in [3.05, 3.63) is 24.3 Å². The van der Waals surface area contributed by atoms with Crippen molar-refractivity contribution in [2.75, 3.05) is 44.9 Å². The summed E-state index contributed by atoms with van der Waals surface area (Å²) < 4.78 is 10.4. The summed E-state index contributed by atoms with van der Waals surface area (Å²) in [5.74, 6) is -1.02. The SMILES string of the molecule is COCCN(CC(=O)O)C(=O)COc1cccc(N2CCCC2=O)c1. The molecule has 0 unspecified atom stereocenters. The molecular weight excluding hydrogens is 328 g/mol. The molecule has 0 aromatic heterocycles. The number of benzene rings is 1. The Labute approximate surface area is 145 Å². The van der Waals surface area contributed by atoms with E-state index in [2.05, 4.69) is 0 Å². The van der Waals surface area contributed by atoms with E-state index < -0.39 is 18.4 Å². The van der Waals surface area contributed by atoms with E-state index in [-0.39, 0.29) is 25.7 Å². The highest BCUT2D eigenvalue weighted by molar-refractivity contribution is 5.95. The normalized spacial score (nSPS) is 13.8. The first kappa shape index (κ1) is 18.7. The molecule has 1 saturated heterocycles. The molecular formula is C17H22N2O6. The summed E-state index contributed by atoms with van der Waals surface area (Å²) in [4.78, 5) is 37.7. The number of carbonyl (C=O) groups is 3. The number of anilines is 1. The second kappa shape index (κ2) is 9.03. The van der Waals surface area contributed by atoms with Crippen LogP contribution in [0.2, 0.25) is 0 Å². The Hall–Kier alpha value is -2.61. The van der Waals surface area contributed by atoms with Gasteiger partial charge < -0.3 is 24.4 Å². The molecule has 0 radical (unpaired) electrons. The molecule has 0 atom stereocenters. The number of hydrogen-bond acceptors (Lipinski definition) is 5. The molecule has 1 fully saturated rings. The fourth-order valence-electron chi connectivity index (χ4n) is 2.56. The van der Waals surface area contributed by atoms with Crippen LogP contribution in [0.4, 0.5) is 5.69 Å². The minimum atomic E-state index is -1.10. The lowest BCUT2D eigenvalue weighted by molar-refractivity contribution is -0.145. The van der Waals surface area contributed by atoms with Gasteiger partial charge in [-0.15, -0.1) is 0 Å². The second-order valence-corrected chi connectivity index (χ2v) is 5.64. The Morgan fingerprint density at radius 1 is 1.36 bits per heavy atom. The first-order valence-corrected chi connectivity index (χ1v) is 8.03. The van der Waals surface area contributed by atoms with Crippen LogP contribution < -0.4 is 9.64 Å². The van der Waals surface area contributed by atoms with Gasteiger partial charge in [0.2, 0.25) is 5.91 Å². The van der Waals surface area contributed by atoms with Crippen LogP contribution in [0.5, 0.6) is 5.75 Å². The third-order valence-electron chi connectivity index (χ3n) is 3.81. The van der Waals surface area contributed by atoms with E-state index in [0.29, 0.717) is 18.7 Å². The lowest BCUT2D eigenvalue weighted by Crippen LogP contribution is -2.40. The van der Waals surface area contributed by atoms with Crippen LogP contribution in [0.25, 0.3) is 0 Å². The number of carboxylic acid groups (broad SMARTS) is 1. The Morgan fingerprint density at radius 2 is 2.16 bits per heavy atom. The monoisotopic (exact) mass is 350 g/mol. The fraction of sp³-hybridized carbons (Fsp3) is 0.471. The Morgan fingerprint density at radius 3 is 2.80 bits per heavy atom. The minimum absolute atomic E-state index is 0.0698. The molecule has 0 saturated carbocycles. The second-order valence-electron chi connectivity index (χ2n) is 5.64. The lowest BCUT2D eigenvalue weighted by atomic mass is 10.3. The van der Waals surface area contributed by atoms with Crippen molar-refractivity contribution in [2.24, 2.45) is 0 Å². The summed E-state index contributed by atoms with van der Waals surface area (Å²) in [6.45, 7) is 0.395. The van der Waals surface area contributed by atoms with E-state index in [0.717, 1.165) is 12.1 Å². The van der Waals surface area contributed by atoms with Crippen molar-refractivity contribution < 1.29 is 29.0 Å². The summed E-state index contributed by atoms with van der Waals surface area (Å²) >= 11 is 0. The van der Waals surface area contributed by atoms with Gasteiger partial charge in [0, 0.05) is 38.4 Å². The summed E-state index contributed by atoms with van der Waals surface area (Å²) in [7, 11) is 1.48. The maximum Gasteiger partial charge on any atom is 0.323 e. The van der Waals surface area contributed by atoms with Crippen molar-refractivity contribution in [3.8, 4) is 5.75 Å². The van der Waals surface area contributed by atoms with Gasteiger partial charge >= 0.3 is 5.97 Å². The summed E-state index contributed by atoms with van der Waals surface area (Å²) in [5, 5.41) is 8.89. The van der Waals surface area contributed by atoms with Crippen LogP contribution in [0.3, 0.4) is 0 Å². The van der Waals surface area contributed by atoms with Gasteiger partial charge in [0.1, 0.15) is 12.3 Å². The van der Waals surface area contributed by atoms with Crippen molar-refractivity contribution in [1.29, 1.82) is 0 Å². The zero-order valence-electron chi connectivity index (χ0n) is 14.1. The zero-order valence-corrected chi connectivity index (χ0v) is 14.1. The van der Waals surface area contributed by atoms with Crippen LogP contribution in [-0.4, -0.2) is 67.7 Å². The van der Waals surface area contributed by atoms with Crippen LogP contribution in [0.1, 0.15) is 12.8 Å². The molecule has 1 heterocycles. The van der Waals surface area contributed by atoms with Gasteiger partial charge in [-0.05, 0) is 18.6 Å². The van der Waals surface area contributed by atoms with Crippen molar-refractivity contribution in [3.63, 3.8) is 0 Å². The highest BCUT2D eigenvalue weighted by Gasteiger charge is 2.22. The van der Waals surface area contributed by atoms with Crippen molar-refractivity contribution >= 4 is 23.5 Å². The van der Waals surface area contributed by atoms with Crippen molar-refractivity contribution in [2.45, 2.75) is 12.8 Å². The first-order valence-electron chi connectivity index (χ1n) is 8.03. The van der Waals surface area contributed by atoms with Crippen LogP contribution in [0, 0.1) is 0 Å². The number of amides is 2. The molecule has 1 N–H and O–H groups in total. The van der Waals surface area contributed by atoms with E-state index in [1.54, 1.807) is 23.1 Å². The predicted octanol–water partition coefficient (Wildman–Crippen LogP) is 0.752. The van der Waals surface area contributed by atoms with Gasteiger partial charge in [-0.3, -0.25) is 14.4 Å². The van der Waals surface area contributed by atoms with Gasteiger partial charge in [0.05, 0.1) is 6.61 Å². The number of nitrogens with zero attached hydrogens (tertiary/aromatic N) is 2. The topological polar surface area (TPSA) is 96.4 Å². The average Bonchev–Trinajstić information content (AvgIpc) is 3.02. The van der Waals surface area contributed by atoms with Crippen LogP contribution in [0.15, 0.2) is 24.3 Å². The molecule has 1 aliphatic rings. The molecule has 2 amide bonds. The molecule has 0 spiro atoms. The largest absolute Gasteiger partial charge is 0.484 e. The molecule has 8 heteroatoms. The quantitative estimate of drug-likeness (QED) is 0.706. The van der Waals surface area contributed by atoms with Crippen LogP contribution >= 0.6 is 0 Å². The molecule has 0 bridgehead atoms. The first-order chi connectivity index (χ1) is 12.0. The number of methoxy groups -OCH3 is 1. The molecule has 8 nitrogen and oxygen atoms in total. The average molecular weight is 350 g/mol. The lowest BCUT2D eigenvalue weighted by Gasteiger charge is -2.21. The molecule has 1 aromatic carbocycles. The third-order valence-corrected chi connectivity index (χ3v) is 3.81. The minimum Gasteiger partial charge on any atom is -0.484 e. The third kappa shape index (κ3) is 5.46. The summed E-state index contributed by atoms with van der Waals surface area (Å²) in [5.41, 5.74) is 0.731. The van der Waals surface area contributed by atoms with E-state index in [4.69, 9.17) is 14.6 Å². The molecule has 1 aliphatic heterocycles. The molecule has 136 valence electrons. The van der Waals surface area contributed by atoms with Gasteiger partial charge in [-0.1, -0.05) is 6.07 Å². The number of ether oxygens (including phenoxy) is 2. The van der Waals surface area contributed by atoms with Crippen molar-refractivity contribution in [1.82, 2.24) is 4.90 Å². The molecule has 25 heavy (non-hydrogen) atoms. The van der Waals surface area contributed by atoms with Gasteiger partial charge in [0.25, 0.3) is 5.91 Å². The van der Waals surface area contributed by atoms with Gasteiger partial charge in [-0.2, -0.15) is 0 Å². The van der Waals surface area contributed by atoms with Gasteiger partial charge in [-0.25, -0.2) is 0 Å². The number of rotatable bonds is 9. The highest BCUT2D eigenvalue weighted by atomic mass is 16.5. The van der Waals surface area contributed by atoms with E-state index in [1.165, 1.54) is 12.0 Å². The number of carboxylic acids is 1. The highest BCUT2D eigenvalue weighted by Crippen LogP contribution is 2.25. The Balaban J connectivity index is 1.95. The predicted molar refractivity (Wildman–Crippen MR) is 89.6 cm³/mol. The Kier molecular flexibility index (Phi) is 6.76. The number of aliphatic carboxylic acids is 1. The van der Waals surface area contributed by atoms with E-state index >= 15 is 0 Å². The molecule has 0 aliphatic carbocycles. The Bertz CT molecular complexity index is 633. The summed E-state index contributed by atoms with van der Waals surface area (Å²) in [6, 6.07) is 6.95. The molecule has 2 rings (SSSR count). The van der Waals surface area contributed by atoms with Crippen LogP contribution in [-0.2, 0) is 19.1 Å². The fourth-order valence-corrected chi connectivity index (χ4v) is 2.56. The summed E-state index contributed by atoms with van der Waals surface area (Å²) in [6.07, 6.45) is 1.36. The maximum absolute atomic E-state index is 12.2. The number of carbonyl (C=O) groups excluding carboxylic acids is 2. The molecule has 1 aromatic rings. The number of hydrogen-bond donors (Lipinski definition) is 1. The smallest absolute Gasteiger partial charge is 0.323 e.